The lowest BCUT2D eigenvalue weighted by atomic mass is 10.2. The molecule has 1 radical (unpaired) electrons. The lowest BCUT2D eigenvalue weighted by molar-refractivity contribution is -0.0335. The first-order valence-electron chi connectivity index (χ1n) is 5.32. The molecule has 0 aliphatic carbocycles. The topological polar surface area (TPSA) is 43.8 Å². The maximum atomic E-state index is 12.0. The predicted octanol–water partition coefficient (Wildman–Crippen LogP) is 0.193. The van der Waals surface area contributed by atoms with Crippen LogP contribution in [0.1, 0.15) is 10.4 Å². The monoisotopic (exact) mass is 219 g/mol. The van der Waals surface area contributed by atoms with E-state index in [-0.39, 0.29) is 5.91 Å². The Hall–Kier alpha value is -1.39. The molecule has 0 aromatic heterocycles. The van der Waals surface area contributed by atoms with E-state index in [4.69, 9.17) is 0 Å². The quantitative estimate of drug-likeness (QED) is 0.733. The molecule has 1 atom stereocenters. The molecule has 1 N–H and O–H groups in total. The van der Waals surface area contributed by atoms with Crippen molar-refractivity contribution in [3.8, 4) is 0 Å². The van der Waals surface area contributed by atoms with Crippen molar-refractivity contribution in [2.24, 2.45) is 0 Å². The van der Waals surface area contributed by atoms with Gasteiger partial charge in [-0.2, -0.15) is 0 Å². The van der Waals surface area contributed by atoms with E-state index in [0.29, 0.717) is 18.7 Å². The molecule has 1 aliphatic heterocycles. The molecule has 1 aromatic rings. The number of nitrogens with zero attached hydrogens (tertiary/aromatic N) is 2. The van der Waals surface area contributed by atoms with Gasteiger partial charge in [0.15, 0.2) is 0 Å². The number of β-amino-alcohol motifs (C(OH)–C–C–N with tert-alkyl or cyclic N) is 1. The molecule has 1 fully saturated rings. The number of rotatable bonds is 1. The second-order valence-corrected chi connectivity index (χ2v) is 4.03. The molecular formula is C12H15N2O2. The van der Waals surface area contributed by atoms with Crippen LogP contribution in [0.2, 0.25) is 0 Å². The number of aliphatic hydroxyl groups excluding tert-OH is 1. The summed E-state index contributed by atoms with van der Waals surface area (Å²) in [4.78, 5) is 15.6. The van der Waals surface area contributed by atoms with Gasteiger partial charge in [-0.1, -0.05) is 12.1 Å². The van der Waals surface area contributed by atoms with Gasteiger partial charge < -0.3 is 14.9 Å². The van der Waals surface area contributed by atoms with Gasteiger partial charge in [0.2, 0.25) is 0 Å². The number of carbonyl (C=O) groups is 1. The third-order valence-electron chi connectivity index (χ3n) is 2.77. The third kappa shape index (κ3) is 2.23. The fourth-order valence-corrected chi connectivity index (χ4v) is 1.83. The molecule has 0 saturated carbocycles. The fraction of sp³-hybridized carbons (Fsp3) is 0.417. The van der Waals surface area contributed by atoms with Gasteiger partial charge >= 0.3 is 0 Å². The van der Waals surface area contributed by atoms with Gasteiger partial charge in [0.1, 0.15) is 6.23 Å². The number of hydrogen-bond donors (Lipinski definition) is 1. The van der Waals surface area contributed by atoms with E-state index in [1.54, 1.807) is 24.3 Å². The van der Waals surface area contributed by atoms with Gasteiger partial charge in [-0.25, -0.2) is 0 Å². The third-order valence-corrected chi connectivity index (χ3v) is 2.77. The lowest BCUT2D eigenvalue weighted by Crippen LogP contribution is -2.54. The van der Waals surface area contributed by atoms with E-state index < -0.39 is 6.23 Å². The van der Waals surface area contributed by atoms with Crippen LogP contribution in [0.4, 0.5) is 0 Å². The van der Waals surface area contributed by atoms with Crippen LogP contribution in [0.15, 0.2) is 24.3 Å². The number of likely N-dealkylation sites (N-methyl/N-ethyl adjacent to an activating group) is 1. The second-order valence-electron chi connectivity index (χ2n) is 4.03. The predicted molar refractivity (Wildman–Crippen MR) is 59.8 cm³/mol. The van der Waals surface area contributed by atoms with Gasteiger partial charge in [0, 0.05) is 25.2 Å². The van der Waals surface area contributed by atoms with Gasteiger partial charge in [0.25, 0.3) is 5.91 Å². The van der Waals surface area contributed by atoms with Crippen LogP contribution in [-0.2, 0) is 0 Å². The van der Waals surface area contributed by atoms with Crippen LogP contribution in [0.3, 0.4) is 0 Å². The zero-order valence-corrected chi connectivity index (χ0v) is 9.26. The molecule has 1 heterocycles. The molecule has 2 rings (SSSR count). The molecule has 1 aliphatic rings. The Morgan fingerprint density at radius 3 is 3.00 bits per heavy atom. The van der Waals surface area contributed by atoms with Crippen molar-refractivity contribution in [2.75, 3.05) is 26.7 Å². The van der Waals surface area contributed by atoms with Crippen molar-refractivity contribution < 1.29 is 9.90 Å². The fourth-order valence-electron chi connectivity index (χ4n) is 1.83. The first-order valence-corrected chi connectivity index (χ1v) is 5.32. The van der Waals surface area contributed by atoms with Gasteiger partial charge in [-0.15, -0.1) is 0 Å². The van der Waals surface area contributed by atoms with E-state index in [1.165, 1.54) is 4.90 Å². The normalized spacial score (nSPS) is 22.1. The first kappa shape index (κ1) is 11.1. The Balaban J connectivity index is 2.11. The molecule has 16 heavy (non-hydrogen) atoms. The standard InChI is InChI=1S/C12H15N2O2/c1-13-7-8-14(11(15)9-13)12(16)10-5-3-2-4-6-10/h2-3,5-6,11,15H,7-9H2,1H3. The Labute approximate surface area is 95.1 Å². The molecular weight excluding hydrogens is 204 g/mol. The Bertz CT molecular complexity index is 367. The van der Waals surface area contributed by atoms with Crippen molar-refractivity contribution in [1.29, 1.82) is 0 Å². The van der Waals surface area contributed by atoms with Crippen LogP contribution in [-0.4, -0.2) is 53.7 Å². The first-order chi connectivity index (χ1) is 7.68. The maximum absolute atomic E-state index is 12.0. The van der Waals surface area contributed by atoms with Gasteiger partial charge in [-0.05, 0) is 25.2 Å². The molecule has 4 nitrogen and oxygen atoms in total. The van der Waals surface area contributed by atoms with Crippen molar-refractivity contribution in [1.82, 2.24) is 9.80 Å². The minimum Gasteiger partial charge on any atom is -0.372 e. The van der Waals surface area contributed by atoms with Crippen molar-refractivity contribution >= 4 is 5.91 Å². The highest BCUT2D eigenvalue weighted by molar-refractivity contribution is 5.94. The molecule has 1 saturated heterocycles. The number of piperazine rings is 1. The summed E-state index contributed by atoms with van der Waals surface area (Å²) in [7, 11) is 1.93. The van der Waals surface area contributed by atoms with E-state index in [2.05, 4.69) is 6.07 Å². The molecule has 0 spiro atoms. The van der Waals surface area contributed by atoms with E-state index in [0.717, 1.165) is 6.54 Å². The van der Waals surface area contributed by atoms with Crippen molar-refractivity contribution in [2.45, 2.75) is 6.23 Å². The van der Waals surface area contributed by atoms with E-state index in [9.17, 15) is 9.90 Å². The summed E-state index contributed by atoms with van der Waals surface area (Å²) in [5.41, 5.74) is 0.575. The van der Waals surface area contributed by atoms with Crippen molar-refractivity contribution in [3.05, 3.63) is 35.9 Å². The van der Waals surface area contributed by atoms with Crippen LogP contribution >= 0.6 is 0 Å². The smallest absolute Gasteiger partial charge is 0.255 e. The summed E-state index contributed by atoms with van der Waals surface area (Å²) < 4.78 is 0. The van der Waals surface area contributed by atoms with Crippen molar-refractivity contribution in [3.63, 3.8) is 0 Å². The van der Waals surface area contributed by atoms with E-state index in [1.807, 2.05) is 11.9 Å². The minimum absolute atomic E-state index is 0.127. The zero-order chi connectivity index (χ0) is 11.5. The Morgan fingerprint density at radius 2 is 2.38 bits per heavy atom. The highest BCUT2D eigenvalue weighted by Gasteiger charge is 2.27. The average molecular weight is 219 g/mol. The Morgan fingerprint density at radius 1 is 1.56 bits per heavy atom. The number of carbonyl (C=O) groups excluding carboxylic acids is 1. The summed E-state index contributed by atoms with van der Waals surface area (Å²) in [6.45, 7) is 1.85. The summed E-state index contributed by atoms with van der Waals surface area (Å²) in [5, 5.41) is 9.82. The van der Waals surface area contributed by atoms with Crippen LogP contribution in [0.5, 0.6) is 0 Å². The number of hydrogen-bond acceptors (Lipinski definition) is 3. The van der Waals surface area contributed by atoms with Gasteiger partial charge in [0.05, 0.1) is 0 Å². The minimum atomic E-state index is -0.716. The summed E-state index contributed by atoms with van der Waals surface area (Å²) in [5.74, 6) is -0.127. The molecule has 1 unspecified atom stereocenters. The summed E-state index contributed by atoms with van der Waals surface area (Å²) in [6, 6.07) is 9.77. The number of aliphatic hydroxyl groups is 1. The number of amides is 1. The largest absolute Gasteiger partial charge is 0.372 e. The van der Waals surface area contributed by atoms with Crippen LogP contribution in [0, 0.1) is 6.07 Å². The summed E-state index contributed by atoms with van der Waals surface area (Å²) >= 11 is 0. The van der Waals surface area contributed by atoms with E-state index >= 15 is 0 Å². The zero-order valence-electron chi connectivity index (χ0n) is 9.26. The van der Waals surface area contributed by atoms with Gasteiger partial charge in [-0.3, -0.25) is 4.79 Å². The molecule has 1 amide bonds. The molecule has 4 heteroatoms. The molecule has 85 valence electrons. The molecule has 1 aromatic carbocycles. The SMILES string of the molecule is CN1CCN(C(=O)c2c[c]ccc2)C(O)C1. The molecule has 0 bridgehead atoms. The summed E-state index contributed by atoms with van der Waals surface area (Å²) in [6.07, 6.45) is -0.716. The highest BCUT2D eigenvalue weighted by atomic mass is 16.3. The average Bonchev–Trinajstić information content (AvgIpc) is 2.29. The lowest BCUT2D eigenvalue weighted by Gasteiger charge is -2.36. The van der Waals surface area contributed by atoms with Crippen LogP contribution in [0.25, 0.3) is 0 Å². The maximum Gasteiger partial charge on any atom is 0.255 e. The number of benzene rings is 1. The highest BCUT2D eigenvalue weighted by Crippen LogP contribution is 2.11. The van der Waals surface area contributed by atoms with Crippen LogP contribution < -0.4 is 0 Å². The Kier molecular flexibility index (Phi) is 3.22. The second kappa shape index (κ2) is 4.63.